The number of carbonyl (C=O) groups is 2. The Morgan fingerprint density at radius 3 is 2.56 bits per heavy atom. The highest BCUT2D eigenvalue weighted by Crippen LogP contribution is 2.16. The molecule has 0 aromatic carbocycles. The molecule has 0 aliphatic carbocycles. The molecule has 7 nitrogen and oxygen atoms in total. The van der Waals surface area contributed by atoms with E-state index in [1.807, 2.05) is 0 Å². The molecule has 1 atom stereocenters. The fourth-order valence-corrected chi connectivity index (χ4v) is 3.30. The highest BCUT2D eigenvalue weighted by molar-refractivity contribution is 7.91. The molecule has 1 rings (SSSR count). The van der Waals surface area contributed by atoms with Gasteiger partial charge in [-0.3, -0.25) is 4.79 Å². The molecular weight excluding hydrogens is 236 g/mol. The second kappa shape index (κ2) is 4.69. The molecule has 1 fully saturated rings. The van der Waals surface area contributed by atoms with E-state index in [1.54, 1.807) is 0 Å². The number of carboxylic acid groups (broad SMARTS) is 1. The Labute approximate surface area is 93.3 Å². The largest absolute Gasteiger partial charge is 0.480 e. The van der Waals surface area contributed by atoms with E-state index in [9.17, 15) is 18.0 Å². The van der Waals surface area contributed by atoms with Gasteiger partial charge in [0.05, 0.1) is 11.5 Å². The molecule has 0 bridgehead atoms. The van der Waals surface area contributed by atoms with Crippen molar-refractivity contribution >= 4 is 21.8 Å². The summed E-state index contributed by atoms with van der Waals surface area (Å²) in [6.07, 6.45) is 0.402. The monoisotopic (exact) mass is 250 g/mol. The van der Waals surface area contributed by atoms with Crippen molar-refractivity contribution in [3.63, 3.8) is 0 Å². The topological polar surface area (TPSA) is 104 Å². The number of rotatable bonds is 3. The zero-order valence-electron chi connectivity index (χ0n) is 8.84. The van der Waals surface area contributed by atoms with Crippen molar-refractivity contribution in [3.8, 4) is 0 Å². The number of carboxylic acids is 1. The summed E-state index contributed by atoms with van der Waals surface area (Å²) in [6.45, 7) is -0.470. The molecule has 2 N–H and O–H groups in total. The first kappa shape index (κ1) is 12.8. The van der Waals surface area contributed by atoms with Crippen molar-refractivity contribution in [3.05, 3.63) is 0 Å². The van der Waals surface area contributed by atoms with Crippen LogP contribution in [0.4, 0.5) is 4.79 Å². The molecule has 1 aliphatic rings. The van der Waals surface area contributed by atoms with Gasteiger partial charge >= 0.3 is 12.0 Å². The van der Waals surface area contributed by atoms with Crippen LogP contribution in [0.1, 0.15) is 6.42 Å². The summed E-state index contributed by atoms with van der Waals surface area (Å²) in [5, 5.41) is 10.5. The molecule has 16 heavy (non-hydrogen) atoms. The first-order valence-electron chi connectivity index (χ1n) is 4.75. The van der Waals surface area contributed by atoms with Crippen LogP contribution in [0.3, 0.4) is 0 Å². The molecule has 0 aromatic rings. The third kappa shape index (κ3) is 3.37. The number of nitrogens with one attached hydrogen (secondary N) is 1. The minimum atomic E-state index is -3.04. The molecule has 0 radical (unpaired) electrons. The maximum absolute atomic E-state index is 11.4. The lowest BCUT2D eigenvalue weighted by atomic mass is 10.2. The lowest BCUT2D eigenvalue weighted by Crippen LogP contribution is -2.45. The zero-order valence-corrected chi connectivity index (χ0v) is 9.66. The Bertz CT molecular complexity index is 391. The molecule has 1 heterocycles. The van der Waals surface area contributed by atoms with Crippen LogP contribution >= 0.6 is 0 Å². The number of sulfone groups is 1. The van der Waals surface area contributed by atoms with Gasteiger partial charge in [0.15, 0.2) is 9.84 Å². The summed E-state index contributed by atoms with van der Waals surface area (Å²) in [6, 6.07) is -0.928. The Kier molecular flexibility index (Phi) is 3.74. The normalized spacial score (nSPS) is 22.7. The summed E-state index contributed by atoms with van der Waals surface area (Å²) < 4.78 is 22.4. The van der Waals surface area contributed by atoms with E-state index in [4.69, 9.17) is 5.11 Å². The van der Waals surface area contributed by atoms with Crippen LogP contribution in [0.2, 0.25) is 0 Å². The van der Waals surface area contributed by atoms with E-state index in [1.165, 1.54) is 11.9 Å². The maximum Gasteiger partial charge on any atom is 0.323 e. The van der Waals surface area contributed by atoms with Crippen LogP contribution < -0.4 is 5.32 Å². The second-order valence-electron chi connectivity index (χ2n) is 3.72. The van der Waals surface area contributed by atoms with E-state index in [2.05, 4.69) is 5.32 Å². The molecule has 1 unspecified atom stereocenters. The Hall–Kier alpha value is -1.31. The summed E-state index contributed by atoms with van der Waals surface area (Å²) >= 11 is 0. The predicted molar refractivity (Wildman–Crippen MR) is 55.9 cm³/mol. The van der Waals surface area contributed by atoms with Crippen molar-refractivity contribution in [1.82, 2.24) is 10.2 Å². The number of carbonyl (C=O) groups excluding carboxylic acids is 1. The van der Waals surface area contributed by atoms with E-state index in [-0.39, 0.29) is 17.5 Å². The van der Waals surface area contributed by atoms with Gasteiger partial charge in [-0.2, -0.15) is 0 Å². The first-order valence-corrected chi connectivity index (χ1v) is 6.57. The number of amides is 2. The fraction of sp³-hybridized carbons (Fsp3) is 0.750. The van der Waals surface area contributed by atoms with Crippen molar-refractivity contribution < 1.29 is 23.1 Å². The van der Waals surface area contributed by atoms with Gasteiger partial charge in [-0.1, -0.05) is 0 Å². The quantitative estimate of drug-likeness (QED) is 0.661. The van der Waals surface area contributed by atoms with Gasteiger partial charge in [-0.25, -0.2) is 13.2 Å². The van der Waals surface area contributed by atoms with Crippen molar-refractivity contribution in [2.24, 2.45) is 0 Å². The van der Waals surface area contributed by atoms with Gasteiger partial charge < -0.3 is 15.3 Å². The number of nitrogens with zero attached hydrogens (tertiary/aromatic N) is 1. The lowest BCUT2D eigenvalue weighted by molar-refractivity contribution is -0.135. The average molecular weight is 250 g/mol. The van der Waals surface area contributed by atoms with E-state index in [0.717, 1.165) is 0 Å². The van der Waals surface area contributed by atoms with Crippen molar-refractivity contribution in [2.45, 2.75) is 12.5 Å². The Morgan fingerprint density at radius 2 is 2.12 bits per heavy atom. The highest BCUT2D eigenvalue weighted by atomic mass is 32.2. The van der Waals surface area contributed by atoms with Crippen LogP contribution in [0.5, 0.6) is 0 Å². The smallest absolute Gasteiger partial charge is 0.323 e. The average Bonchev–Trinajstić information content (AvgIpc) is 2.54. The standard InChI is InChI=1S/C8H14N2O5S/c1-10(8(13)9-4-7(11)12)6-2-3-16(14,15)5-6/h6H,2-5H2,1H3,(H,9,13)(H,11,12). The molecular formula is C8H14N2O5S. The number of hydrogen-bond acceptors (Lipinski definition) is 4. The summed E-state index contributed by atoms with van der Waals surface area (Å²) in [5.74, 6) is -1.11. The molecule has 92 valence electrons. The molecule has 0 aromatic heterocycles. The molecule has 8 heteroatoms. The van der Waals surface area contributed by atoms with Gasteiger partial charge in [-0.05, 0) is 6.42 Å². The number of hydrogen-bond donors (Lipinski definition) is 2. The van der Waals surface area contributed by atoms with Crippen LogP contribution in [-0.2, 0) is 14.6 Å². The van der Waals surface area contributed by atoms with Crippen LogP contribution in [0, 0.1) is 0 Å². The molecule has 0 saturated carbocycles. The summed E-state index contributed by atoms with van der Waals surface area (Å²) in [7, 11) is -1.58. The molecule has 1 aliphatic heterocycles. The van der Waals surface area contributed by atoms with Crippen molar-refractivity contribution in [2.75, 3.05) is 25.1 Å². The lowest BCUT2D eigenvalue weighted by Gasteiger charge is -2.23. The van der Waals surface area contributed by atoms with Crippen LogP contribution in [-0.4, -0.2) is 61.6 Å². The minimum absolute atomic E-state index is 0.0516. The van der Waals surface area contributed by atoms with Gasteiger partial charge in [0.1, 0.15) is 6.54 Å². The SMILES string of the molecule is CN(C(=O)NCC(=O)O)C1CCS(=O)(=O)C1. The molecule has 0 spiro atoms. The van der Waals surface area contributed by atoms with Gasteiger partial charge in [0, 0.05) is 13.1 Å². The fourth-order valence-electron chi connectivity index (χ4n) is 1.52. The maximum atomic E-state index is 11.4. The first-order chi connectivity index (χ1) is 7.32. The summed E-state index contributed by atoms with van der Waals surface area (Å²) in [4.78, 5) is 22.9. The molecule has 2 amide bonds. The molecule has 1 saturated heterocycles. The zero-order chi connectivity index (χ0) is 12.3. The van der Waals surface area contributed by atoms with E-state index >= 15 is 0 Å². The third-order valence-corrected chi connectivity index (χ3v) is 4.22. The minimum Gasteiger partial charge on any atom is -0.480 e. The highest BCUT2D eigenvalue weighted by Gasteiger charge is 2.32. The summed E-state index contributed by atoms with van der Waals surface area (Å²) in [5.41, 5.74) is 0. The van der Waals surface area contributed by atoms with Gasteiger partial charge in [-0.15, -0.1) is 0 Å². The number of aliphatic carboxylic acids is 1. The number of urea groups is 1. The predicted octanol–water partition coefficient (Wildman–Crippen LogP) is -1.10. The van der Waals surface area contributed by atoms with Crippen LogP contribution in [0.25, 0.3) is 0 Å². The van der Waals surface area contributed by atoms with E-state index < -0.39 is 28.4 Å². The van der Waals surface area contributed by atoms with Crippen LogP contribution in [0.15, 0.2) is 0 Å². The van der Waals surface area contributed by atoms with Gasteiger partial charge in [0.2, 0.25) is 0 Å². The van der Waals surface area contributed by atoms with Gasteiger partial charge in [0.25, 0.3) is 0 Å². The Balaban J connectivity index is 2.49. The second-order valence-corrected chi connectivity index (χ2v) is 5.95. The third-order valence-electron chi connectivity index (χ3n) is 2.47. The van der Waals surface area contributed by atoms with Crippen molar-refractivity contribution in [1.29, 1.82) is 0 Å². The Morgan fingerprint density at radius 1 is 1.50 bits per heavy atom. The van der Waals surface area contributed by atoms with E-state index in [0.29, 0.717) is 6.42 Å².